The summed E-state index contributed by atoms with van der Waals surface area (Å²) in [6.45, 7) is 7.64. The van der Waals surface area contributed by atoms with Gasteiger partial charge in [-0.1, -0.05) is 37.4 Å². The summed E-state index contributed by atoms with van der Waals surface area (Å²) in [6, 6.07) is 16.0. The number of carbonyl (C=O) groups is 2. The van der Waals surface area contributed by atoms with E-state index in [1.165, 1.54) is 35.2 Å². The number of rotatable bonds is 22. The lowest BCUT2D eigenvalue weighted by Crippen LogP contribution is -2.27. The van der Waals surface area contributed by atoms with Crippen LogP contribution in [0.25, 0.3) is 0 Å². The fraction of sp³-hybridized carbons (Fsp3) is 0.486. The van der Waals surface area contributed by atoms with Crippen molar-refractivity contribution in [1.82, 2.24) is 0 Å². The average Bonchev–Trinajstić information content (AvgIpc) is 3.82. The van der Waals surface area contributed by atoms with Crippen LogP contribution in [0.2, 0.25) is 0 Å². The molecule has 2 fully saturated rings. The van der Waals surface area contributed by atoms with Crippen LogP contribution in [0, 0.1) is 0 Å². The van der Waals surface area contributed by atoms with Gasteiger partial charge in [0.2, 0.25) is 0 Å². The summed E-state index contributed by atoms with van der Waals surface area (Å²) in [4.78, 5) is 23.7. The number of thioether (sulfide) groups is 6. The van der Waals surface area contributed by atoms with E-state index in [1.807, 2.05) is 71.3 Å². The van der Waals surface area contributed by atoms with Gasteiger partial charge in [0.15, 0.2) is 0 Å². The average molecular weight is 753 g/mol. The van der Waals surface area contributed by atoms with Gasteiger partial charge in [-0.15, -0.1) is 47.0 Å². The van der Waals surface area contributed by atoms with Crippen molar-refractivity contribution >= 4 is 82.5 Å². The third-order valence-corrected chi connectivity index (χ3v) is 15.6. The van der Waals surface area contributed by atoms with E-state index >= 15 is 0 Å². The van der Waals surface area contributed by atoms with Gasteiger partial charge in [-0.2, -0.15) is 23.5 Å². The minimum atomic E-state index is -0.425. The number of esters is 2. The number of ether oxygens (including phenoxy) is 4. The van der Waals surface area contributed by atoms with Crippen LogP contribution in [0.15, 0.2) is 73.8 Å². The number of benzene rings is 2. The van der Waals surface area contributed by atoms with E-state index in [2.05, 4.69) is 37.4 Å². The molecule has 2 aromatic carbocycles. The maximum atomic E-state index is 11.9. The molecule has 4 rings (SSSR count). The van der Waals surface area contributed by atoms with E-state index in [0.717, 1.165) is 53.4 Å². The molecule has 0 radical (unpaired) electrons. The quantitative estimate of drug-likeness (QED) is 0.0664. The van der Waals surface area contributed by atoms with Crippen molar-refractivity contribution in [2.75, 3.05) is 59.2 Å². The Hall–Kier alpha value is -1.44. The van der Waals surface area contributed by atoms with Gasteiger partial charge in [-0.25, -0.2) is 9.59 Å². The normalized spacial score (nSPS) is 16.3. The van der Waals surface area contributed by atoms with Crippen LogP contribution >= 0.6 is 70.6 Å². The van der Waals surface area contributed by atoms with Gasteiger partial charge in [0, 0.05) is 46.7 Å². The molecule has 0 N–H and O–H groups in total. The van der Waals surface area contributed by atoms with E-state index in [-0.39, 0.29) is 12.2 Å². The fourth-order valence-electron chi connectivity index (χ4n) is 4.61. The molecule has 256 valence electrons. The summed E-state index contributed by atoms with van der Waals surface area (Å²) in [7, 11) is 0. The molecule has 2 atom stereocenters. The molecule has 0 bridgehead atoms. The third kappa shape index (κ3) is 15.3. The van der Waals surface area contributed by atoms with E-state index in [9.17, 15) is 9.59 Å². The predicted octanol–water partition coefficient (Wildman–Crippen LogP) is 8.09. The van der Waals surface area contributed by atoms with Crippen LogP contribution in [0.1, 0.15) is 24.0 Å². The molecule has 2 saturated heterocycles. The van der Waals surface area contributed by atoms with Crippen molar-refractivity contribution in [2.24, 2.45) is 0 Å². The van der Waals surface area contributed by atoms with Crippen LogP contribution in [0.5, 0.6) is 11.5 Å². The largest absolute Gasteiger partial charge is 0.490 e. The van der Waals surface area contributed by atoms with Gasteiger partial charge in [0.05, 0.1) is 9.16 Å². The van der Waals surface area contributed by atoms with Gasteiger partial charge >= 0.3 is 11.9 Å². The first-order valence-corrected chi connectivity index (χ1v) is 22.2. The Labute approximate surface area is 305 Å². The summed E-state index contributed by atoms with van der Waals surface area (Å²) >= 11 is 11.8. The van der Waals surface area contributed by atoms with E-state index in [0.29, 0.717) is 33.9 Å². The van der Waals surface area contributed by atoms with Crippen LogP contribution in [0.3, 0.4) is 0 Å². The van der Waals surface area contributed by atoms with E-state index in [4.69, 9.17) is 18.9 Å². The molecule has 2 aliphatic rings. The number of carbonyl (C=O) groups excluding carboxylic acids is 2. The first-order chi connectivity index (χ1) is 23.0. The highest BCUT2D eigenvalue weighted by molar-refractivity contribution is 8.20. The van der Waals surface area contributed by atoms with Crippen molar-refractivity contribution in [2.45, 2.75) is 40.6 Å². The summed E-state index contributed by atoms with van der Waals surface area (Å²) in [6.07, 6.45) is 4.81. The molecule has 2 heterocycles. The molecule has 2 unspecified atom stereocenters. The molecule has 0 aromatic heterocycles. The molecule has 0 aliphatic carbocycles. The minimum Gasteiger partial charge on any atom is -0.490 e. The maximum Gasteiger partial charge on any atom is 0.330 e. The highest BCUT2D eigenvalue weighted by Gasteiger charge is 2.19. The first-order valence-electron chi connectivity index (χ1n) is 15.7. The smallest absolute Gasteiger partial charge is 0.330 e. The molecule has 0 spiro atoms. The maximum absolute atomic E-state index is 11.9. The highest BCUT2D eigenvalue weighted by Crippen LogP contribution is 2.36. The number of hydrogen-bond acceptors (Lipinski definition) is 12. The Morgan fingerprint density at radius 1 is 0.681 bits per heavy atom. The van der Waals surface area contributed by atoms with Gasteiger partial charge in [-0.05, 0) is 66.2 Å². The Morgan fingerprint density at radius 3 is 1.43 bits per heavy atom. The van der Waals surface area contributed by atoms with Gasteiger partial charge in [0.1, 0.15) is 36.9 Å². The second kappa shape index (κ2) is 22.3. The van der Waals surface area contributed by atoms with Crippen LogP contribution in [0.4, 0.5) is 0 Å². The Balaban J connectivity index is 1.18. The molecular weight excluding hydrogens is 709 g/mol. The van der Waals surface area contributed by atoms with Crippen molar-refractivity contribution in [3.63, 3.8) is 0 Å². The molecule has 0 saturated carbocycles. The van der Waals surface area contributed by atoms with Crippen LogP contribution in [-0.4, -0.2) is 92.5 Å². The monoisotopic (exact) mass is 752 g/mol. The lowest BCUT2D eigenvalue weighted by Gasteiger charge is -2.18. The van der Waals surface area contributed by atoms with Crippen LogP contribution < -0.4 is 9.47 Å². The summed E-state index contributed by atoms with van der Waals surface area (Å²) in [5.74, 6) is 9.05. The Kier molecular flexibility index (Phi) is 18.2. The zero-order valence-electron chi connectivity index (χ0n) is 26.6. The standard InChI is InChI=1S/C35H44O6S6/c1-3-32(36)40-30(24-42-15-13-34-44-17-18-45-34)22-38-28-9-5-26(6-10-28)21-27-7-11-29(12-8-27)39-23-31(41-33(37)4-2)25-43-16-14-35-46-19-20-47-35/h3-12,30-31,34-35H,1-2,13-25H2. The zero-order valence-corrected chi connectivity index (χ0v) is 31.5. The summed E-state index contributed by atoms with van der Waals surface area (Å²) in [5.41, 5.74) is 2.31. The fourth-order valence-corrected chi connectivity index (χ4v) is 12.9. The molecule has 2 aromatic rings. The van der Waals surface area contributed by atoms with Crippen LogP contribution in [-0.2, 0) is 25.5 Å². The lowest BCUT2D eigenvalue weighted by atomic mass is 10.0. The zero-order chi connectivity index (χ0) is 33.1. The number of hydrogen-bond donors (Lipinski definition) is 0. The van der Waals surface area contributed by atoms with Gasteiger partial charge in [-0.3, -0.25) is 0 Å². The topological polar surface area (TPSA) is 71.1 Å². The molecular formula is C35H44O6S6. The van der Waals surface area contributed by atoms with Gasteiger partial charge < -0.3 is 18.9 Å². The Morgan fingerprint density at radius 2 is 1.06 bits per heavy atom. The molecule has 6 nitrogen and oxygen atoms in total. The first kappa shape index (κ1) is 38.4. The molecule has 12 heteroatoms. The summed E-state index contributed by atoms with van der Waals surface area (Å²) in [5, 5.41) is 0. The van der Waals surface area contributed by atoms with E-state index < -0.39 is 11.9 Å². The van der Waals surface area contributed by atoms with Crippen molar-refractivity contribution in [1.29, 1.82) is 0 Å². The minimum absolute atomic E-state index is 0.297. The molecule has 47 heavy (non-hydrogen) atoms. The van der Waals surface area contributed by atoms with Gasteiger partial charge in [0.25, 0.3) is 0 Å². The second-order valence-electron chi connectivity index (χ2n) is 10.7. The molecule has 0 amide bonds. The summed E-state index contributed by atoms with van der Waals surface area (Å²) < 4.78 is 24.5. The SMILES string of the molecule is C=CC(=O)OC(COc1ccc(Cc2ccc(OCC(CSCCC3SCCS3)OC(=O)C=C)cc2)cc1)CSCCC1SCCS1. The van der Waals surface area contributed by atoms with Crippen molar-refractivity contribution in [3.05, 3.63) is 85.0 Å². The second-order valence-corrected chi connectivity index (χ2v) is 18.8. The lowest BCUT2D eigenvalue weighted by molar-refractivity contribution is -0.144. The Bertz CT molecular complexity index is 1140. The van der Waals surface area contributed by atoms with Crippen molar-refractivity contribution < 1.29 is 28.5 Å². The third-order valence-electron chi connectivity index (χ3n) is 7.01. The molecule has 2 aliphatic heterocycles. The predicted molar refractivity (Wildman–Crippen MR) is 208 cm³/mol. The highest BCUT2D eigenvalue weighted by atomic mass is 32.2. The van der Waals surface area contributed by atoms with E-state index in [1.54, 1.807) is 23.5 Å². The van der Waals surface area contributed by atoms with Crippen molar-refractivity contribution in [3.8, 4) is 11.5 Å².